The lowest BCUT2D eigenvalue weighted by Crippen LogP contribution is -2.46. The summed E-state index contributed by atoms with van der Waals surface area (Å²) in [6, 6.07) is 10.8. The number of methoxy groups -OCH3 is 1. The molecule has 1 heterocycles. The van der Waals surface area contributed by atoms with Crippen LogP contribution in [0.15, 0.2) is 42.7 Å². The van der Waals surface area contributed by atoms with Crippen LogP contribution in [-0.4, -0.2) is 24.1 Å². The number of ether oxygens (including phenoxy) is 1. The third-order valence-corrected chi connectivity index (χ3v) is 4.59. The molecule has 1 N–H and O–H groups in total. The van der Waals surface area contributed by atoms with Crippen molar-refractivity contribution in [2.45, 2.75) is 30.7 Å². The number of nitrogens with zero attached hydrogens (tertiary/aromatic N) is 2. The Morgan fingerprint density at radius 2 is 1.86 bits per heavy atom. The van der Waals surface area contributed by atoms with E-state index in [0.29, 0.717) is 5.88 Å². The number of benzene rings is 1. The van der Waals surface area contributed by atoms with Crippen molar-refractivity contribution >= 4 is 0 Å². The molecule has 1 aliphatic rings. The Kier molecular flexibility index (Phi) is 3.88. The van der Waals surface area contributed by atoms with Gasteiger partial charge in [0.25, 0.3) is 0 Å². The molecule has 1 atom stereocenters. The molecule has 0 radical (unpaired) electrons. The lowest BCUT2D eigenvalue weighted by atomic mass is 9.59. The Bertz CT molecular complexity index is 596. The van der Waals surface area contributed by atoms with Crippen molar-refractivity contribution in [3.05, 3.63) is 54.0 Å². The number of aromatic nitrogens is 2. The fourth-order valence-electron chi connectivity index (χ4n) is 3.44. The van der Waals surface area contributed by atoms with E-state index in [9.17, 15) is 0 Å². The fraction of sp³-hybridized carbons (Fsp3) is 0.412. The van der Waals surface area contributed by atoms with Gasteiger partial charge in [0.2, 0.25) is 5.88 Å². The maximum Gasteiger partial charge on any atom is 0.237 e. The summed E-state index contributed by atoms with van der Waals surface area (Å²) in [5.41, 5.74) is 2.34. The molecule has 0 bridgehead atoms. The molecule has 1 aromatic carbocycles. The van der Waals surface area contributed by atoms with Crippen LogP contribution in [-0.2, 0) is 5.41 Å². The van der Waals surface area contributed by atoms with E-state index >= 15 is 0 Å². The molecule has 4 nitrogen and oxygen atoms in total. The standard InChI is InChI=1S/C17H21N3O/c1-18-15(14-16(21-2)20-12-11-19-14)17(9-6-10-17)13-7-4-3-5-8-13/h3-5,7-8,11-12,15,18H,6,9-10H2,1-2H3. The Hall–Kier alpha value is -1.94. The zero-order chi connectivity index (χ0) is 14.7. The highest BCUT2D eigenvalue weighted by Crippen LogP contribution is 2.52. The van der Waals surface area contributed by atoms with Crippen LogP contribution < -0.4 is 10.1 Å². The molecule has 0 spiro atoms. The Morgan fingerprint density at radius 1 is 1.14 bits per heavy atom. The first-order valence-electron chi connectivity index (χ1n) is 7.39. The summed E-state index contributed by atoms with van der Waals surface area (Å²) >= 11 is 0. The highest BCUT2D eigenvalue weighted by atomic mass is 16.5. The third-order valence-electron chi connectivity index (χ3n) is 4.59. The van der Waals surface area contributed by atoms with Gasteiger partial charge in [-0.05, 0) is 25.5 Å². The van der Waals surface area contributed by atoms with Gasteiger partial charge in [0.1, 0.15) is 5.69 Å². The number of nitrogens with one attached hydrogen (secondary N) is 1. The number of hydrogen-bond donors (Lipinski definition) is 1. The molecule has 1 aromatic heterocycles. The van der Waals surface area contributed by atoms with Crippen LogP contribution in [0.25, 0.3) is 0 Å². The van der Waals surface area contributed by atoms with Crippen molar-refractivity contribution in [3.8, 4) is 5.88 Å². The Labute approximate surface area is 125 Å². The van der Waals surface area contributed by atoms with Crippen LogP contribution in [0.5, 0.6) is 5.88 Å². The van der Waals surface area contributed by atoms with Gasteiger partial charge in [-0.25, -0.2) is 4.98 Å². The summed E-state index contributed by atoms with van der Waals surface area (Å²) in [4.78, 5) is 8.85. The molecular weight excluding hydrogens is 262 g/mol. The SMILES string of the molecule is CNC(c1nccnc1OC)C1(c2ccccc2)CCC1. The van der Waals surface area contributed by atoms with Crippen LogP contribution in [0.1, 0.15) is 36.6 Å². The average Bonchev–Trinajstić information content (AvgIpc) is 2.51. The molecule has 0 aliphatic heterocycles. The van der Waals surface area contributed by atoms with Crippen molar-refractivity contribution in [1.82, 2.24) is 15.3 Å². The molecule has 1 unspecified atom stereocenters. The van der Waals surface area contributed by atoms with Crippen LogP contribution in [0, 0.1) is 0 Å². The topological polar surface area (TPSA) is 47.0 Å². The summed E-state index contributed by atoms with van der Waals surface area (Å²) in [6.07, 6.45) is 6.96. The van der Waals surface area contributed by atoms with Gasteiger partial charge in [-0.15, -0.1) is 0 Å². The van der Waals surface area contributed by atoms with E-state index < -0.39 is 0 Å². The van der Waals surface area contributed by atoms with E-state index in [1.165, 1.54) is 12.0 Å². The molecule has 1 saturated carbocycles. The van der Waals surface area contributed by atoms with E-state index in [0.717, 1.165) is 18.5 Å². The normalized spacial score (nSPS) is 17.8. The minimum atomic E-state index is 0.0827. The second-order valence-corrected chi connectivity index (χ2v) is 5.55. The quantitative estimate of drug-likeness (QED) is 0.916. The Balaban J connectivity index is 2.06. The van der Waals surface area contributed by atoms with Gasteiger partial charge in [-0.2, -0.15) is 0 Å². The highest BCUT2D eigenvalue weighted by Gasteiger charge is 2.47. The molecular formula is C17H21N3O. The zero-order valence-electron chi connectivity index (χ0n) is 12.5. The maximum absolute atomic E-state index is 5.41. The Morgan fingerprint density at radius 3 is 2.43 bits per heavy atom. The minimum absolute atomic E-state index is 0.0827. The van der Waals surface area contributed by atoms with E-state index in [1.807, 2.05) is 7.05 Å². The van der Waals surface area contributed by atoms with Gasteiger partial charge in [0.15, 0.2) is 0 Å². The molecule has 4 heteroatoms. The predicted octanol–water partition coefficient (Wildman–Crippen LogP) is 2.87. The monoisotopic (exact) mass is 283 g/mol. The second-order valence-electron chi connectivity index (χ2n) is 5.55. The van der Waals surface area contributed by atoms with Crippen LogP contribution in [0.2, 0.25) is 0 Å². The van der Waals surface area contributed by atoms with Gasteiger partial charge in [0, 0.05) is 17.8 Å². The van der Waals surface area contributed by atoms with E-state index in [-0.39, 0.29) is 11.5 Å². The first-order valence-corrected chi connectivity index (χ1v) is 7.39. The average molecular weight is 283 g/mol. The van der Waals surface area contributed by atoms with Crippen molar-refractivity contribution in [2.75, 3.05) is 14.2 Å². The smallest absolute Gasteiger partial charge is 0.237 e. The summed E-state index contributed by atoms with van der Waals surface area (Å²) < 4.78 is 5.41. The van der Waals surface area contributed by atoms with Crippen molar-refractivity contribution in [1.29, 1.82) is 0 Å². The summed E-state index contributed by atoms with van der Waals surface area (Å²) in [5.74, 6) is 0.610. The first-order chi connectivity index (χ1) is 10.3. The molecule has 2 aromatic rings. The van der Waals surface area contributed by atoms with Gasteiger partial charge < -0.3 is 10.1 Å². The van der Waals surface area contributed by atoms with E-state index in [4.69, 9.17) is 4.74 Å². The number of rotatable bonds is 5. The molecule has 21 heavy (non-hydrogen) atoms. The van der Waals surface area contributed by atoms with Crippen molar-refractivity contribution < 1.29 is 4.74 Å². The maximum atomic E-state index is 5.41. The minimum Gasteiger partial charge on any atom is -0.480 e. The number of hydrogen-bond acceptors (Lipinski definition) is 4. The third kappa shape index (κ3) is 2.29. The molecule has 110 valence electrons. The van der Waals surface area contributed by atoms with E-state index in [2.05, 4.69) is 45.6 Å². The van der Waals surface area contributed by atoms with Crippen molar-refractivity contribution in [2.24, 2.45) is 0 Å². The molecule has 3 rings (SSSR count). The van der Waals surface area contributed by atoms with Crippen LogP contribution in [0.4, 0.5) is 0 Å². The summed E-state index contributed by atoms with van der Waals surface area (Å²) in [6.45, 7) is 0. The zero-order valence-corrected chi connectivity index (χ0v) is 12.5. The lowest BCUT2D eigenvalue weighted by Gasteiger charge is -2.48. The summed E-state index contributed by atoms with van der Waals surface area (Å²) in [5, 5.41) is 3.45. The van der Waals surface area contributed by atoms with Gasteiger partial charge in [-0.1, -0.05) is 36.8 Å². The van der Waals surface area contributed by atoms with E-state index in [1.54, 1.807) is 19.5 Å². The summed E-state index contributed by atoms with van der Waals surface area (Å²) in [7, 11) is 3.64. The van der Waals surface area contributed by atoms with Gasteiger partial charge >= 0.3 is 0 Å². The van der Waals surface area contributed by atoms with Gasteiger partial charge in [0.05, 0.1) is 13.2 Å². The molecule has 1 fully saturated rings. The molecule has 1 aliphatic carbocycles. The number of likely N-dealkylation sites (N-methyl/N-ethyl adjacent to an activating group) is 1. The largest absolute Gasteiger partial charge is 0.480 e. The predicted molar refractivity (Wildman–Crippen MR) is 82.4 cm³/mol. The highest BCUT2D eigenvalue weighted by molar-refractivity contribution is 5.36. The van der Waals surface area contributed by atoms with Crippen molar-refractivity contribution in [3.63, 3.8) is 0 Å². The first kappa shape index (κ1) is 14.0. The van der Waals surface area contributed by atoms with Crippen LogP contribution >= 0.6 is 0 Å². The molecule has 0 saturated heterocycles. The van der Waals surface area contributed by atoms with Crippen LogP contribution in [0.3, 0.4) is 0 Å². The second kappa shape index (κ2) is 5.82. The lowest BCUT2D eigenvalue weighted by molar-refractivity contribution is 0.169. The van der Waals surface area contributed by atoms with Gasteiger partial charge in [-0.3, -0.25) is 4.98 Å². The fourth-order valence-corrected chi connectivity index (χ4v) is 3.44. The molecule has 0 amide bonds.